The highest BCUT2D eigenvalue weighted by Crippen LogP contribution is 2.52. The fourth-order valence-electron chi connectivity index (χ4n) is 8.16. The summed E-state index contributed by atoms with van der Waals surface area (Å²) in [7, 11) is 0. The molecule has 0 fully saturated rings. The number of benzene rings is 7. The van der Waals surface area contributed by atoms with Crippen molar-refractivity contribution in [3.05, 3.63) is 175 Å². The van der Waals surface area contributed by atoms with Crippen molar-refractivity contribution in [1.29, 1.82) is 0 Å². The van der Waals surface area contributed by atoms with Crippen molar-refractivity contribution in [3.63, 3.8) is 0 Å². The first-order valence-electron chi connectivity index (χ1n) is 17.5. The van der Waals surface area contributed by atoms with Gasteiger partial charge in [-0.1, -0.05) is 141 Å². The van der Waals surface area contributed by atoms with Crippen LogP contribution in [0, 0.1) is 0 Å². The number of rotatable bonds is 4. The maximum absolute atomic E-state index is 5.21. The molecule has 0 N–H and O–H groups in total. The van der Waals surface area contributed by atoms with Crippen molar-refractivity contribution in [2.24, 2.45) is 0 Å². The maximum Gasteiger partial charge on any atom is 0.160 e. The Morgan fingerprint density at radius 1 is 0.431 bits per heavy atom. The maximum atomic E-state index is 5.21. The van der Waals surface area contributed by atoms with Gasteiger partial charge in [0.25, 0.3) is 0 Å². The Kier molecular flexibility index (Phi) is 6.53. The zero-order chi connectivity index (χ0) is 34.1. The average molecular weight is 652 g/mol. The highest BCUT2D eigenvalue weighted by Gasteiger charge is 2.36. The van der Waals surface area contributed by atoms with Gasteiger partial charge in [-0.25, -0.2) is 9.97 Å². The summed E-state index contributed by atoms with van der Waals surface area (Å²) in [6.45, 7) is 4.70. The van der Waals surface area contributed by atoms with E-state index in [1.165, 1.54) is 49.5 Å². The largest absolute Gasteiger partial charge is 0.264 e. The fourth-order valence-corrected chi connectivity index (χ4v) is 8.16. The van der Waals surface area contributed by atoms with Gasteiger partial charge in [-0.2, -0.15) is 0 Å². The molecular formula is C48H33N3. The Labute approximate surface area is 297 Å². The van der Waals surface area contributed by atoms with Gasteiger partial charge < -0.3 is 0 Å². The summed E-state index contributed by atoms with van der Waals surface area (Å²) in [6, 6.07) is 54.5. The highest BCUT2D eigenvalue weighted by molar-refractivity contribution is 6.07. The predicted octanol–water partition coefficient (Wildman–Crippen LogP) is 12.3. The Morgan fingerprint density at radius 2 is 1.12 bits per heavy atom. The zero-order valence-corrected chi connectivity index (χ0v) is 28.4. The van der Waals surface area contributed by atoms with Crippen molar-refractivity contribution < 1.29 is 0 Å². The first-order chi connectivity index (χ1) is 25.0. The number of fused-ring (bicyclic) bond motifs is 7. The smallest absolute Gasteiger partial charge is 0.160 e. The van der Waals surface area contributed by atoms with E-state index in [-0.39, 0.29) is 5.41 Å². The summed E-state index contributed by atoms with van der Waals surface area (Å²) in [4.78, 5) is 14.7. The number of hydrogen-bond acceptors (Lipinski definition) is 3. The van der Waals surface area contributed by atoms with E-state index in [4.69, 9.17) is 9.97 Å². The number of nitrogens with zero attached hydrogens (tertiary/aromatic N) is 3. The second-order valence-corrected chi connectivity index (χ2v) is 14.1. The van der Waals surface area contributed by atoms with Gasteiger partial charge in [0.15, 0.2) is 5.82 Å². The number of aromatic nitrogens is 3. The van der Waals surface area contributed by atoms with Gasteiger partial charge in [0.05, 0.1) is 11.4 Å². The van der Waals surface area contributed by atoms with E-state index in [1.54, 1.807) is 0 Å². The molecule has 1 aliphatic carbocycles. The van der Waals surface area contributed by atoms with Crippen molar-refractivity contribution in [2.75, 3.05) is 0 Å². The van der Waals surface area contributed by atoms with E-state index in [0.29, 0.717) is 5.82 Å². The average Bonchev–Trinajstić information content (AvgIpc) is 3.43. The van der Waals surface area contributed by atoms with Gasteiger partial charge in [0.1, 0.15) is 0 Å². The monoisotopic (exact) mass is 651 g/mol. The third-order valence-electron chi connectivity index (χ3n) is 10.8. The van der Waals surface area contributed by atoms with E-state index in [0.717, 1.165) is 44.2 Å². The summed E-state index contributed by atoms with van der Waals surface area (Å²) >= 11 is 0. The van der Waals surface area contributed by atoms with Crippen LogP contribution in [-0.2, 0) is 5.41 Å². The van der Waals surface area contributed by atoms with Crippen LogP contribution in [-0.4, -0.2) is 15.0 Å². The molecule has 3 heteroatoms. The van der Waals surface area contributed by atoms with E-state index in [1.807, 2.05) is 36.7 Å². The first-order valence-corrected chi connectivity index (χ1v) is 17.5. The zero-order valence-electron chi connectivity index (χ0n) is 28.4. The van der Waals surface area contributed by atoms with Crippen LogP contribution in [0.4, 0.5) is 0 Å². The van der Waals surface area contributed by atoms with Crippen LogP contribution in [0.25, 0.3) is 88.5 Å². The summed E-state index contributed by atoms with van der Waals surface area (Å²) in [6.07, 6.45) is 3.74. The molecule has 0 radical (unpaired) electrons. The summed E-state index contributed by atoms with van der Waals surface area (Å²) in [5.74, 6) is 0.703. The van der Waals surface area contributed by atoms with Crippen molar-refractivity contribution >= 4 is 32.3 Å². The third kappa shape index (κ3) is 4.69. The minimum Gasteiger partial charge on any atom is -0.264 e. The molecule has 2 aromatic heterocycles. The SMILES string of the molecule is CC1(C)c2ccc(-c3ccc(-c4cc(-c5ccc6ccncc6c5)nc(-c5ccccc5)n4)c4ccccc34)cc2-c2c1ccc1ccccc21. The lowest BCUT2D eigenvalue weighted by Crippen LogP contribution is -2.14. The predicted molar refractivity (Wildman–Crippen MR) is 212 cm³/mol. The van der Waals surface area contributed by atoms with Gasteiger partial charge in [-0.15, -0.1) is 0 Å². The van der Waals surface area contributed by atoms with Gasteiger partial charge in [0, 0.05) is 39.9 Å². The molecule has 9 aromatic rings. The molecule has 10 rings (SSSR count). The second kappa shape index (κ2) is 11.3. The van der Waals surface area contributed by atoms with Crippen LogP contribution in [0.3, 0.4) is 0 Å². The molecule has 2 heterocycles. The van der Waals surface area contributed by atoms with E-state index in [2.05, 4.69) is 146 Å². The molecule has 0 saturated carbocycles. The van der Waals surface area contributed by atoms with Crippen LogP contribution in [0.5, 0.6) is 0 Å². The topological polar surface area (TPSA) is 38.7 Å². The molecule has 0 amide bonds. The molecule has 3 nitrogen and oxygen atoms in total. The third-order valence-corrected chi connectivity index (χ3v) is 10.8. The molecule has 240 valence electrons. The molecule has 0 atom stereocenters. The lowest BCUT2D eigenvalue weighted by atomic mass is 9.81. The van der Waals surface area contributed by atoms with E-state index < -0.39 is 0 Å². The summed E-state index contributed by atoms with van der Waals surface area (Å²) in [5, 5.41) is 7.19. The molecule has 0 unspecified atom stereocenters. The van der Waals surface area contributed by atoms with E-state index >= 15 is 0 Å². The van der Waals surface area contributed by atoms with Crippen molar-refractivity contribution in [1.82, 2.24) is 15.0 Å². The highest BCUT2D eigenvalue weighted by atomic mass is 14.9. The lowest BCUT2D eigenvalue weighted by Gasteiger charge is -2.22. The molecule has 0 aliphatic heterocycles. The first kappa shape index (κ1) is 29.5. The minimum atomic E-state index is -0.0676. The van der Waals surface area contributed by atoms with E-state index in [9.17, 15) is 0 Å². The molecule has 0 bridgehead atoms. The number of hydrogen-bond donors (Lipinski definition) is 0. The molecule has 1 aliphatic rings. The van der Waals surface area contributed by atoms with Crippen LogP contribution in [0.2, 0.25) is 0 Å². The van der Waals surface area contributed by atoms with Crippen LogP contribution >= 0.6 is 0 Å². The van der Waals surface area contributed by atoms with Crippen LogP contribution < -0.4 is 0 Å². The van der Waals surface area contributed by atoms with Crippen LogP contribution in [0.1, 0.15) is 25.0 Å². The Balaban J connectivity index is 1.16. The summed E-state index contributed by atoms with van der Waals surface area (Å²) in [5.41, 5.74) is 12.7. The van der Waals surface area contributed by atoms with Crippen molar-refractivity contribution in [3.8, 4) is 56.2 Å². The lowest BCUT2D eigenvalue weighted by molar-refractivity contribution is 0.661. The Bertz CT molecular complexity index is 2830. The van der Waals surface area contributed by atoms with Crippen LogP contribution in [0.15, 0.2) is 164 Å². The van der Waals surface area contributed by atoms with Crippen molar-refractivity contribution in [2.45, 2.75) is 19.3 Å². The number of pyridine rings is 1. The van der Waals surface area contributed by atoms with Gasteiger partial charge in [-0.05, 0) is 84.6 Å². The Hall–Kier alpha value is -6.45. The van der Waals surface area contributed by atoms with Gasteiger partial charge >= 0.3 is 0 Å². The standard InChI is InChI=1S/C48H33N3/c1-48(2)42-22-19-33(27-41(42)46-37-13-7-6-10-31(37)18-23-43(46)48)36-20-21-40(39-15-9-8-14-38(36)39)45-28-44(50-47(51-45)32-11-4-3-5-12-32)34-17-16-30-24-25-49-29-35(30)26-34/h3-29H,1-2H3. The molecule has 7 aromatic carbocycles. The summed E-state index contributed by atoms with van der Waals surface area (Å²) < 4.78 is 0. The molecule has 51 heavy (non-hydrogen) atoms. The molecular weight excluding hydrogens is 619 g/mol. The fraction of sp³-hybridized carbons (Fsp3) is 0.0625. The molecule has 0 spiro atoms. The van der Waals surface area contributed by atoms with Gasteiger partial charge in [0.2, 0.25) is 0 Å². The molecule has 0 saturated heterocycles. The minimum absolute atomic E-state index is 0.0676. The quantitative estimate of drug-likeness (QED) is 0.190. The van der Waals surface area contributed by atoms with Gasteiger partial charge in [-0.3, -0.25) is 4.98 Å². The normalized spacial score (nSPS) is 13.1. The second-order valence-electron chi connectivity index (χ2n) is 14.1. The Morgan fingerprint density at radius 3 is 1.98 bits per heavy atom.